The molecule has 19 heavy (non-hydrogen) atoms. The zero-order valence-electron chi connectivity index (χ0n) is 10.5. The van der Waals surface area contributed by atoms with E-state index in [0.717, 1.165) is 10.0 Å². The van der Waals surface area contributed by atoms with E-state index in [1.54, 1.807) is 18.2 Å². The Balaban J connectivity index is 2.42. The summed E-state index contributed by atoms with van der Waals surface area (Å²) < 4.78 is 20.3. The summed E-state index contributed by atoms with van der Waals surface area (Å²) in [6.45, 7) is 3.29. The predicted molar refractivity (Wildman–Crippen MR) is 75.4 cm³/mol. The minimum absolute atomic E-state index is 0.0308. The van der Waals surface area contributed by atoms with E-state index in [9.17, 15) is 9.18 Å². The van der Waals surface area contributed by atoms with Crippen LogP contribution in [0.25, 0.3) is 0 Å². The normalized spacial score (nSPS) is 10.3. The highest BCUT2D eigenvalue weighted by Crippen LogP contribution is 2.30. The van der Waals surface area contributed by atoms with Crippen LogP contribution < -0.4 is 4.74 Å². The van der Waals surface area contributed by atoms with Crippen molar-refractivity contribution in [1.29, 1.82) is 0 Å². The third kappa shape index (κ3) is 3.01. The number of carbonyl (C=O) groups is 1. The van der Waals surface area contributed by atoms with Gasteiger partial charge in [0.25, 0.3) is 0 Å². The lowest BCUT2D eigenvalue weighted by molar-refractivity contribution is 0.101. The first-order chi connectivity index (χ1) is 8.99. The second-order valence-corrected chi connectivity index (χ2v) is 5.04. The number of halogens is 2. The van der Waals surface area contributed by atoms with Crippen molar-refractivity contribution < 1.29 is 13.9 Å². The van der Waals surface area contributed by atoms with E-state index in [-0.39, 0.29) is 17.1 Å². The lowest BCUT2D eigenvalue weighted by Crippen LogP contribution is -1.99. The van der Waals surface area contributed by atoms with Gasteiger partial charge in [0.1, 0.15) is 5.75 Å². The molecule has 2 aromatic rings. The summed E-state index contributed by atoms with van der Waals surface area (Å²) in [5.74, 6) is -0.318. The van der Waals surface area contributed by atoms with Gasteiger partial charge in [-0.15, -0.1) is 0 Å². The second-order valence-electron chi connectivity index (χ2n) is 4.19. The molecule has 0 fully saturated rings. The molecule has 0 aliphatic heterocycles. The Morgan fingerprint density at radius 1 is 1.26 bits per heavy atom. The highest BCUT2D eigenvalue weighted by molar-refractivity contribution is 9.10. The first-order valence-electron chi connectivity index (χ1n) is 5.72. The summed E-state index contributed by atoms with van der Waals surface area (Å²) in [5.41, 5.74) is 1.21. The van der Waals surface area contributed by atoms with Crippen LogP contribution in [0.1, 0.15) is 22.8 Å². The smallest absolute Gasteiger partial charge is 0.173 e. The second kappa shape index (κ2) is 5.53. The maximum Gasteiger partial charge on any atom is 0.173 e. The molecule has 0 bridgehead atoms. The maximum absolute atomic E-state index is 13.8. The Morgan fingerprint density at radius 2 is 2.00 bits per heavy atom. The molecule has 98 valence electrons. The van der Waals surface area contributed by atoms with Crippen molar-refractivity contribution >= 4 is 21.7 Å². The molecule has 2 nitrogen and oxygen atoms in total. The van der Waals surface area contributed by atoms with Crippen LogP contribution in [0.5, 0.6) is 11.5 Å². The molecule has 0 aliphatic rings. The molecule has 0 saturated heterocycles. The van der Waals surface area contributed by atoms with E-state index in [4.69, 9.17) is 4.74 Å². The third-order valence-electron chi connectivity index (χ3n) is 2.70. The zero-order valence-corrected chi connectivity index (χ0v) is 12.1. The number of para-hydroxylation sites is 1. The molecule has 0 aromatic heterocycles. The van der Waals surface area contributed by atoms with Crippen molar-refractivity contribution in [2.75, 3.05) is 0 Å². The lowest BCUT2D eigenvalue weighted by atomic mass is 10.1. The summed E-state index contributed by atoms with van der Waals surface area (Å²) in [5, 5.41) is 0. The molecule has 2 rings (SSSR count). The minimum Gasteiger partial charge on any atom is -0.454 e. The number of hydrogen-bond acceptors (Lipinski definition) is 2. The quantitative estimate of drug-likeness (QED) is 0.752. The van der Waals surface area contributed by atoms with Gasteiger partial charge in [-0.25, -0.2) is 4.39 Å². The number of rotatable bonds is 3. The topological polar surface area (TPSA) is 26.3 Å². The first-order valence-corrected chi connectivity index (χ1v) is 6.52. The van der Waals surface area contributed by atoms with Gasteiger partial charge < -0.3 is 4.74 Å². The molecular formula is C15H12BrFO2. The van der Waals surface area contributed by atoms with E-state index < -0.39 is 5.82 Å². The molecule has 0 radical (unpaired) electrons. The van der Waals surface area contributed by atoms with Crippen molar-refractivity contribution in [1.82, 2.24) is 0 Å². The van der Waals surface area contributed by atoms with E-state index in [1.165, 1.54) is 19.1 Å². The van der Waals surface area contributed by atoms with Crippen molar-refractivity contribution in [3.63, 3.8) is 0 Å². The molecule has 0 N–H and O–H groups in total. The lowest BCUT2D eigenvalue weighted by Gasteiger charge is -2.11. The van der Waals surface area contributed by atoms with Gasteiger partial charge in [-0.05, 0) is 49.7 Å². The summed E-state index contributed by atoms with van der Waals surface area (Å²) >= 11 is 3.38. The number of hydrogen-bond donors (Lipinski definition) is 0. The molecule has 0 saturated carbocycles. The average Bonchev–Trinajstić information content (AvgIpc) is 2.36. The Morgan fingerprint density at radius 3 is 2.63 bits per heavy atom. The van der Waals surface area contributed by atoms with Crippen LogP contribution in [-0.2, 0) is 0 Å². The van der Waals surface area contributed by atoms with Gasteiger partial charge in [-0.1, -0.05) is 22.0 Å². The summed E-state index contributed by atoms with van der Waals surface area (Å²) in [7, 11) is 0. The molecule has 2 aromatic carbocycles. The van der Waals surface area contributed by atoms with Crippen LogP contribution in [0.15, 0.2) is 40.9 Å². The number of Topliss-reactive ketones (excluding diaryl/α,β-unsaturated/α-hetero) is 1. The Bertz CT molecular complexity index is 638. The standard InChI is InChI=1S/C15H12BrFO2/c1-9-8-11(6-7-13(9)16)19-15-12(10(2)18)4-3-5-14(15)17/h3-8H,1-2H3. The van der Waals surface area contributed by atoms with Crippen LogP contribution in [0.3, 0.4) is 0 Å². The zero-order chi connectivity index (χ0) is 14.0. The van der Waals surface area contributed by atoms with E-state index in [2.05, 4.69) is 15.9 Å². The minimum atomic E-state index is -0.548. The third-order valence-corrected chi connectivity index (χ3v) is 3.59. The van der Waals surface area contributed by atoms with Gasteiger partial charge in [0.15, 0.2) is 17.3 Å². The number of ketones is 1. The van der Waals surface area contributed by atoms with Gasteiger partial charge in [-0.2, -0.15) is 0 Å². The van der Waals surface area contributed by atoms with Gasteiger partial charge in [0.05, 0.1) is 5.56 Å². The molecule has 0 amide bonds. The van der Waals surface area contributed by atoms with E-state index in [0.29, 0.717) is 5.75 Å². The highest BCUT2D eigenvalue weighted by atomic mass is 79.9. The van der Waals surface area contributed by atoms with Crippen molar-refractivity contribution in [3.8, 4) is 11.5 Å². The summed E-state index contributed by atoms with van der Waals surface area (Å²) in [6, 6.07) is 9.62. The van der Waals surface area contributed by atoms with Crippen LogP contribution in [0.4, 0.5) is 4.39 Å². The average molecular weight is 323 g/mol. The monoisotopic (exact) mass is 322 g/mol. The summed E-state index contributed by atoms with van der Waals surface area (Å²) in [4.78, 5) is 11.5. The largest absolute Gasteiger partial charge is 0.454 e. The van der Waals surface area contributed by atoms with Crippen LogP contribution in [-0.4, -0.2) is 5.78 Å². The van der Waals surface area contributed by atoms with Crippen LogP contribution in [0, 0.1) is 12.7 Å². The van der Waals surface area contributed by atoms with Gasteiger partial charge in [-0.3, -0.25) is 4.79 Å². The molecule has 4 heteroatoms. The molecule has 0 spiro atoms. The first kappa shape index (κ1) is 13.7. The summed E-state index contributed by atoms with van der Waals surface area (Å²) in [6.07, 6.45) is 0. The van der Waals surface area contributed by atoms with Crippen molar-refractivity contribution in [3.05, 3.63) is 57.8 Å². The molecule has 0 heterocycles. The molecular weight excluding hydrogens is 311 g/mol. The Hall–Kier alpha value is -1.68. The Labute approximate surface area is 119 Å². The molecule has 0 atom stereocenters. The number of carbonyl (C=O) groups excluding carboxylic acids is 1. The molecule has 0 unspecified atom stereocenters. The predicted octanol–water partition coefficient (Wildman–Crippen LogP) is 4.89. The number of benzene rings is 2. The van der Waals surface area contributed by atoms with Crippen LogP contribution >= 0.6 is 15.9 Å². The fourth-order valence-electron chi connectivity index (χ4n) is 1.69. The highest BCUT2D eigenvalue weighted by Gasteiger charge is 2.14. The van der Waals surface area contributed by atoms with Crippen molar-refractivity contribution in [2.45, 2.75) is 13.8 Å². The number of aryl methyl sites for hydroxylation is 1. The van der Waals surface area contributed by atoms with E-state index in [1.807, 2.05) is 13.0 Å². The fourth-order valence-corrected chi connectivity index (χ4v) is 1.93. The SMILES string of the molecule is CC(=O)c1cccc(F)c1Oc1ccc(Br)c(C)c1. The van der Waals surface area contributed by atoms with Gasteiger partial charge in [0.2, 0.25) is 0 Å². The maximum atomic E-state index is 13.8. The fraction of sp³-hybridized carbons (Fsp3) is 0.133. The number of ether oxygens (including phenoxy) is 1. The molecule has 0 aliphatic carbocycles. The van der Waals surface area contributed by atoms with Gasteiger partial charge in [0, 0.05) is 4.47 Å². The van der Waals surface area contributed by atoms with Gasteiger partial charge >= 0.3 is 0 Å². The Kier molecular flexibility index (Phi) is 4.00. The van der Waals surface area contributed by atoms with Crippen LogP contribution in [0.2, 0.25) is 0 Å². The van der Waals surface area contributed by atoms with Crippen molar-refractivity contribution in [2.24, 2.45) is 0 Å². The van der Waals surface area contributed by atoms with E-state index >= 15 is 0 Å².